The van der Waals surface area contributed by atoms with Crippen molar-refractivity contribution in [1.82, 2.24) is 0 Å². The van der Waals surface area contributed by atoms with Crippen LogP contribution in [0.4, 0.5) is 16.4 Å². The smallest absolute Gasteiger partial charge is 0.348 e. The number of fused-ring (bicyclic) bond motifs is 1. The van der Waals surface area contributed by atoms with E-state index in [0.717, 1.165) is 23.3 Å². The van der Waals surface area contributed by atoms with E-state index in [4.69, 9.17) is 23.8 Å². The number of carbonyl (C=O) groups is 5. The molecule has 2 fully saturated rings. The number of amides is 2. The molecular weight excluding hydrogens is 686 g/mol. The van der Waals surface area contributed by atoms with Crippen LogP contribution in [0.5, 0.6) is 11.5 Å². The molecule has 3 aromatic carbocycles. The van der Waals surface area contributed by atoms with Crippen LogP contribution in [-0.2, 0) is 23.9 Å². The lowest BCUT2D eigenvalue weighted by Crippen LogP contribution is -2.37. The maximum Gasteiger partial charge on any atom is 0.348 e. The zero-order valence-electron chi connectivity index (χ0n) is 27.5. The highest BCUT2D eigenvalue weighted by Gasteiger charge is 2.61. The molecule has 2 aliphatic heterocycles. The second-order valence-electron chi connectivity index (χ2n) is 11.2. The van der Waals surface area contributed by atoms with E-state index < -0.39 is 52.7 Å². The number of methoxy groups -OCH3 is 2. The number of nitrogens with zero attached hydrogens (tertiary/aromatic N) is 3. The second-order valence-corrected chi connectivity index (χ2v) is 12.2. The van der Waals surface area contributed by atoms with Gasteiger partial charge in [0.2, 0.25) is 5.91 Å². The molecule has 0 radical (unpaired) electrons. The summed E-state index contributed by atoms with van der Waals surface area (Å²) in [7, 11) is 2.48. The number of nitro groups is 1. The number of hydrogen-bond donors (Lipinski definition) is 0. The van der Waals surface area contributed by atoms with Crippen LogP contribution in [0.1, 0.15) is 54.5 Å². The van der Waals surface area contributed by atoms with E-state index in [2.05, 4.69) is 0 Å². The fraction of sp³-hybridized carbons (Fsp3) is 0.229. The summed E-state index contributed by atoms with van der Waals surface area (Å²) in [6.07, 6.45) is -1.46. The number of anilines is 2. The number of hydrogen-bond acceptors (Lipinski definition) is 14. The van der Waals surface area contributed by atoms with Crippen LogP contribution >= 0.6 is 11.3 Å². The monoisotopic (exact) mass is 715 g/mol. The average Bonchev–Trinajstić information content (AvgIpc) is 3.77. The molecule has 0 aliphatic carbocycles. The summed E-state index contributed by atoms with van der Waals surface area (Å²) in [5.41, 5.74) is 0.556. The highest BCUT2D eigenvalue weighted by molar-refractivity contribution is 7.19. The van der Waals surface area contributed by atoms with Gasteiger partial charge in [-0.15, -0.1) is 11.3 Å². The maximum atomic E-state index is 14.5. The van der Waals surface area contributed by atoms with E-state index >= 15 is 0 Å². The number of nitro benzene ring substituents is 1. The highest BCUT2D eigenvalue weighted by atomic mass is 32.1. The SMILES string of the molecule is CCOC(=O)c1sc(N2C(=O)[C@@H]3[C@@H](c4ccc(OC(=O)c5ccccc5)c(OC)c4)N(c4cccc([N+](=O)[O-])c4)O[C@H]3C2=O)c(C(=O)OC)c1C. The van der Waals surface area contributed by atoms with Gasteiger partial charge in [-0.1, -0.05) is 30.3 Å². The lowest BCUT2D eigenvalue weighted by atomic mass is 9.90. The van der Waals surface area contributed by atoms with E-state index in [9.17, 15) is 34.1 Å². The molecule has 3 atom stereocenters. The average molecular weight is 716 g/mol. The Hall–Kier alpha value is -6.13. The molecule has 3 heterocycles. The first-order chi connectivity index (χ1) is 24.5. The fourth-order valence-electron chi connectivity index (χ4n) is 6.00. The molecule has 0 saturated carbocycles. The van der Waals surface area contributed by atoms with E-state index in [-0.39, 0.29) is 50.5 Å². The van der Waals surface area contributed by atoms with Crippen molar-refractivity contribution >= 4 is 57.4 Å². The normalized spacial score (nSPS) is 18.0. The summed E-state index contributed by atoms with van der Waals surface area (Å²) >= 11 is 0.729. The van der Waals surface area contributed by atoms with E-state index in [0.29, 0.717) is 11.1 Å². The van der Waals surface area contributed by atoms with Crippen molar-refractivity contribution in [1.29, 1.82) is 0 Å². The molecule has 15 nitrogen and oxygen atoms in total. The summed E-state index contributed by atoms with van der Waals surface area (Å²) in [6, 6.07) is 17.2. The van der Waals surface area contributed by atoms with Crippen molar-refractivity contribution in [2.75, 3.05) is 30.8 Å². The first kappa shape index (κ1) is 34.7. The molecule has 16 heteroatoms. The number of rotatable bonds is 10. The third kappa shape index (κ3) is 6.15. The van der Waals surface area contributed by atoms with Gasteiger partial charge in [0.15, 0.2) is 17.6 Å². The van der Waals surface area contributed by atoms with Crippen LogP contribution in [0, 0.1) is 23.0 Å². The standard InChI is InChI=1S/C35H29N3O12S/c1-5-48-35(43)29-18(2)25(34(42)47-4)32(51-29)36-30(39)26-27(37(50-28(26)31(36)40)21-12-9-13-22(17-21)38(44)45)20-14-15-23(24(16-20)46-3)49-33(41)19-10-7-6-8-11-19/h6-17,26-28H,5H2,1-4H3/t26-,27-,28-/m1/s1. The number of benzene rings is 3. The van der Waals surface area contributed by atoms with Crippen LogP contribution in [0.3, 0.4) is 0 Å². The summed E-state index contributed by atoms with van der Waals surface area (Å²) < 4.78 is 21.2. The Morgan fingerprint density at radius 1 is 0.922 bits per heavy atom. The first-order valence-electron chi connectivity index (χ1n) is 15.4. The van der Waals surface area contributed by atoms with Gasteiger partial charge in [0.25, 0.3) is 11.6 Å². The molecule has 51 heavy (non-hydrogen) atoms. The van der Waals surface area contributed by atoms with Crippen LogP contribution < -0.4 is 19.4 Å². The molecule has 6 rings (SSSR count). The minimum Gasteiger partial charge on any atom is -0.493 e. The number of hydroxylamine groups is 1. The van der Waals surface area contributed by atoms with Crippen molar-refractivity contribution in [2.45, 2.75) is 26.0 Å². The highest BCUT2D eigenvalue weighted by Crippen LogP contribution is 2.51. The molecule has 4 aromatic rings. The molecule has 2 aliphatic rings. The molecule has 0 spiro atoms. The van der Waals surface area contributed by atoms with Crippen molar-refractivity contribution in [2.24, 2.45) is 5.92 Å². The van der Waals surface area contributed by atoms with E-state index in [1.54, 1.807) is 43.3 Å². The zero-order valence-corrected chi connectivity index (χ0v) is 28.3. The van der Waals surface area contributed by atoms with Gasteiger partial charge in [0, 0.05) is 12.1 Å². The number of non-ortho nitro benzene ring substituents is 1. The molecule has 1 aromatic heterocycles. The molecule has 2 amide bonds. The summed E-state index contributed by atoms with van der Waals surface area (Å²) in [5, 5.41) is 12.8. The first-order valence-corrected chi connectivity index (χ1v) is 16.2. The topological polar surface area (TPSA) is 181 Å². The van der Waals surface area contributed by atoms with Crippen LogP contribution in [-0.4, -0.2) is 61.6 Å². The third-order valence-electron chi connectivity index (χ3n) is 8.33. The summed E-state index contributed by atoms with van der Waals surface area (Å²) in [4.78, 5) is 85.2. The van der Waals surface area contributed by atoms with Crippen molar-refractivity contribution < 1.29 is 52.7 Å². The van der Waals surface area contributed by atoms with Crippen molar-refractivity contribution in [3.05, 3.63) is 110 Å². The lowest BCUT2D eigenvalue weighted by Gasteiger charge is -2.29. The Morgan fingerprint density at radius 2 is 1.67 bits per heavy atom. The van der Waals surface area contributed by atoms with Gasteiger partial charge in [0.1, 0.15) is 15.8 Å². The predicted octanol–water partition coefficient (Wildman–Crippen LogP) is 5.21. The zero-order chi connectivity index (χ0) is 36.6. The lowest BCUT2D eigenvalue weighted by molar-refractivity contribution is -0.384. The predicted molar refractivity (Wildman–Crippen MR) is 180 cm³/mol. The molecule has 0 N–H and O–H groups in total. The summed E-state index contributed by atoms with van der Waals surface area (Å²) in [6.45, 7) is 3.13. The van der Waals surface area contributed by atoms with Crippen LogP contribution in [0.25, 0.3) is 0 Å². The quantitative estimate of drug-likeness (QED) is 0.0687. The molecular formula is C35H29N3O12S. The van der Waals surface area contributed by atoms with Crippen LogP contribution in [0.2, 0.25) is 0 Å². The number of carbonyl (C=O) groups excluding carboxylic acids is 5. The number of imide groups is 1. The van der Waals surface area contributed by atoms with Gasteiger partial charge in [0.05, 0.1) is 48.6 Å². The van der Waals surface area contributed by atoms with Gasteiger partial charge < -0.3 is 18.9 Å². The number of esters is 3. The van der Waals surface area contributed by atoms with Gasteiger partial charge in [-0.25, -0.2) is 24.3 Å². The van der Waals surface area contributed by atoms with Gasteiger partial charge in [-0.05, 0) is 55.3 Å². The molecule has 262 valence electrons. The van der Waals surface area contributed by atoms with Gasteiger partial charge in [-0.2, -0.15) is 0 Å². The Bertz CT molecular complexity index is 2080. The second kappa shape index (κ2) is 14.0. The third-order valence-corrected chi connectivity index (χ3v) is 9.59. The van der Waals surface area contributed by atoms with E-state index in [1.165, 1.54) is 55.5 Å². The van der Waals surface area contributed by atoms with Crippen LogP contribution in [0.15, 0.2) is 72.8 Å². The van der Waals surface area contributed by atoms with Gasteiger partial charge in [-0.3, -0.25) is 24.5 Å². The fourth-order valence-corrected chi connectivity index (χ4v) is 7.20. The Balaban J connectivity index is 1.44. The Morgan fingerprint density at radius 3 is 2.33 bits per heavy atom. The van der Waals surface area contributed by atoms with E-state index in [1.807, 2.05) is 0 Å². The summed E-state index contributed by atoms with van der Waals surface area (Å²) in [5.74, 6) is -4.99. The number of ether oxygens (including phenoxy) is 4. The van der Waals surface area contributed by atoms with Crippen molar-refractivity contribution in [3.63, 3.8) is 0 Å². The van der Waals surface area contributed by atoms with Gasteiger partial charge >= 0.3 is 17.9 Å². The minimum absolute atomic E-state index is 0.00553. The Labute approximate surface area is 293 Å². The largest absolute Gasteiger partial charge is 0.493 e. The van der Waals surface area contributed by atoms with Crippen molar-refractivity contribution in [3.8, 4) is 11.5 Å². The molecule has 0 unspecified atom stereocenters. The minimum atomic E-state index is -1.46. The molecule has 2 saturated heterocycles. The number of thiophene rings is 1. The Kier molecular flexibility index (Phi) is 9.54. The molecule has 0 bridgehead atoms. The maximum absolute atomic E-state index is 14.5.